The quantitative estimate of drug-likeness (QED) is 0.0674. The van der Waals surface area contributed by atoms with Gasteiger partial charge in [-0.2, -0.15) is 0 Å². The maximum atomic E-state index is 13.7. The molecule has 196 valence electrons. The minimum atomic E-state index is -0.489. The van der Waals surface area contributed by atoms with Crippen molar-refractivity contribution in [1.29, 1.82) is 0 Å². The molecule has 6 heteroatoms. The molecule has 0 saturated heterocycles. The van der Waals surface area contributed by atoms with Crippen molar-refractivity contribution in [2.45, 2.75) is 71.1 Å². The molecular formula is C30H38F2O4. The summed E-state index contributed by atoms with van der Waals surface area (Å²) < 4.78 is 33.0. The highest BCUT2D eigenvalue weighted by Crippen LogP contribution is 2.30. The van der Waals surface area contributed by atoms with Crippen molar-refractivity contribution in [3.63, 3.8) is 0 Å². The van der Waals surface area contributed by atoms with E-state index in [2.05, 4.69) is 6.58 Å². The summed E-state index contributed by atoms with van der Waals surface area (Å²) in [6.45, 7) is 6.26. The van der Waals surface area contributed by atoms with Gasteiger partial charge in [0.15, 0.2) is 0 Å². The molecule has 1 aliphatic carbocycles. The molecule has 0 spiro atoms. The van der Waals surface area contributed by atoms with Gasteiger partial charge in [0.25, 0.3) is 0 Å². The molecule has 2 aromatic rings. The molecule has 1 aliphatic rings. The SMILES string of the molecule is C=CCCCOOCC1CCC(C(=O)Oc2ccc(CCCCc3cc(F)c(C)c(F)c3)cc2)CC1. The number of aryl methyl sites for hydroxylation is 2. The number of hydrogen-bond acceptors (Lipinski definition) is 4. The number of carbonyl (C=O) groups is 1. The lowest BCUT2D eigenvalue weighted by Gasteiger charge is -2.26. The molecule has 1 saturated carbocycles. The Balaban J connectivity index is 1.31. The highest BCUT2D eigenvalue weighted by atomic mass is 19.1. The largest absolute Gasteiger partial charge is 0.426 e. The number of allylic oxidation sites excluding steroid dienone is 1. The van der Waals surface area contributed by atoms with Crippen LogP contribution in [0.5, 0.6) is 5.75 Å². The van der Waals surface area contributed by atoms with E-state index >= 15 is 0 Å². The molecule has 1 fully saturated rings. The zero-order valence-electron chi connectivity index (χ0n) is 21.3. The summed E-state index contributed by atoms with van der Waals surface area (Å²) in [4.78, 5) is 23.1. The van der Waals surface area contributed by atoms with E-state index in [1.807, 2.05) is 30.3 Å². The average molecular weight is 501 g/mol. The molecule has 2 aromatic carbocycles. The van der Waals surface area contributed by atoms with E-state index in [0.717, 1.165) is 63.4 Å². The molecule has 0 bridgehead atoms. The second-order valence-electron chi connectivity index (χ2n) is 9.71. The monoisotopic (exact) mass is 500 g/mol. The summed E-state index contributed by atoms with van der Waals surface area (Å²) in [5.41, 5.74) is 1.90. The molecule has 0 aliphatic heterocycles. The van der Waals surface area contributed by atoms with Crippen LogP contribution in [0.2, 0.25) is 0 Å². The maximum Gasteiger partial charge on any atom is 0.314 e. The molecule has 36 heavy (non-hydrogen) atoms. The number of halogens is 2. The molecule has 0 aromatic heterocycles. The van der Waals surface area contributed by atoms with E-state index in [1.54, 1.807) is 0 Å². The minimum absolute atomic E-state index is 0.0676. The molecule has 0 heterocycles. The van der Waals surface area contributed by atoms with Gasteiger partial charge in [0.2, 0.25) is 0 Å². The fraction of sp³-hybridized carbons (Fsp3) is 0.500. The van der Waals surface area contributed by atoms with Gasteiger partial charge in [-0.3, -0.25) is 4.79 Å². The Kier molecular flexibility index (Phi) is 11.6. The van der Waals surface area contributed by atoms with Crippen molar-refractivity contribution in [3.8, 4) is 5.75 Å². The number of unbranched alkanes of at least 4 members (excludes halogenated alkanes) is 2. The summed E-state index contributed by atoms with van der Waals surface area (Å²) in [5.74, 6) is -0.245. The summed E-state index contributed by atoms with van der Waals surface area (Å²) in [5, 5.41) is 0. The summed E-state index contributed by atoms with van der Waals surface area (Å²) >= 11 is 0. The van der Waals surface area contributed by atoms with Crippen LogP contribution in [-0.4, -0.2) is 19.2 Å². The first-order chi connectivity index (χ1) is 17.5. The molecule has 0 amide bonds. The smallest absolute Gasteiger partial charge is 0.314 e. The van der Waals surface area contributed by atoms with Crippen molar-refractivity contribution in [1.82, 2.24) is 0 Å². The average Bonchev–Trinajstić information content (AvgIpc) is 2.88. The van der Waals surface area contributed by atoms with Crippen LogP contribution >= 0.6 is 0 Å². The van der Waals surface area contributed by atoms with E-state index < -0.39 is 11.6 Å². The third-order valence-corrected chi connectivity index (χ3v) is 6.87. The number of carbonyl (C=O) groups excluding carboxylic acids is 1. The van der Waals surface area contributed by atoms with E-state index in [9.17, 15) is 13.6 Å². The molecule has 0 atom stereocenters. The van der Waals surface area contributed by atoms with Crippen LogP contribution in [0.15, 0.2) is 49.1 Å². The second kappa shape index (κ2) is 14.9. The van der Waals surface area contributed by atoms with Crippen LogP contribution in [0.25, 0.3) is 0 Å². The van der Waals surface area contributed by atoms with E-state index in [1.165, 1.54) is 19.1 Å². The van der Waals surface area contributed by atoms with Gasteiger partial charge in [-0.1, -0.05) is 18.2 Å². The lowest BCUT2D eigenvalue weighted by atomic mass is 9.82. The molecule has 0 radical (unpaired) electrons. The fourth-order valence-corrected chi connectivity index (χ4v) is 4.48. The Hall–Kier alpha value is -2.57. The van der Waals surface area contributed by atoms with Crippen molar-refractivity contribution in [3.05, 3.63) is 77.4 Å². The first-order valence-electron chi connectivity index (χ1n) is 13.1. The van der Waals surface area contributed by atoms with Crippen LogP contribution in [-0.2, 0) is 27.4 Å². The Morgan fingerprint density at radius 3 is 2.22 bits per heavy atom. The van der Waals surface area contributed by atoms with E-state index in [4.69, 9.17) is 14.5 Å². The van der Waals surface area contributed by atoms with Gasteiger partial charge < -0.3 is 4.74 Å². The van der Waals surface area contributed by atoms with Gasteiger partial charge in [-0.25, -0.2) is 18.6 Å². The first-order valence-corrected chi connectivity index (χ1v) is 13.1. The molecular weight excluding hydrogens is 462 g/mol. The van der Waals surface area contributed by atoms with Crippen LogP contribution in [0.4, 0.5) is 8.78 Å². The number of esters is 1. The van der Waals surface area contributed by atoms with Crippen molar-refractivity contribution >= 4 is 5.97 Å². The lowest BCUT2D eigenvalue weighted by Crippen LogP contribution is -2.27. The van der Waals surface area contributed by atoms with E-state index in [0.29, 0.717) is 36.9 Å². The van der Waals surface area contributed by atoms with E-state index in [-0.39, 0.29) is 17.5 Å². The van der Waals surface area contributed by atoms with Crippen LogP contribution < -0.4 is 4.74 Å². The summed E-state index contributed by atoms with van der Waals surface area (Å²) in [6, 6.07) is 10.4. The zero-order chi connectivity index (χ0) is 25.8. The Bertz CT molecular complexity index is 942. The van der Waals surface area contributed by atoms with Crippen LogP contribution in [0.1, 0.15) is 68.1 Å². The standard InChI is InChI=1S/C30H38F2O4/c1-3-4-7-18-34-35-21-24-10-14-26(15-11-24)30(33)36-27-16-12-23(13-17-27)8-5-6-9-25-19-28(31)22(2)29(32)20-25/h3,12-13,16-17,19-20,24,26H,1,4-11,14-15,18,21H2,2H3. The van der Waals surface area contributed by atoms with Gasteiger partial charge in [-0.15, -0.1) is 6.58 Å². The highest BCUT2D eigenvalue weighted by molar-refractivity contribution is 5.75. The topological polar surface area (TPSA) is 44.8 Å². The molecule has 0 N–H and O–H groups in total. The summed E-state index contributed by atoms with van der Waals surface area (Å²) in [6.07, 6.45) is 10.4. The fourth-order valence-electron chi connectivity index (χ4n) is 4.48. The lowest BCUT2D eigenvalue weighted by molar-refractivity contribution is -0.302. The van der Waals surface area contributed by atoms with Gasteiger partial charge in [0, 0.05) is 5.56 Å². The van der Waals surface area contributed by atoms with Gasteiger partial charge in [0.1, 0.15) is 17.4 Å². The van der Waals surface area contributed by atoms with Crippen molar-refractivity contribution in [2.75, 3.05) is 13.2 Å². The molecule has 0 unspecified atom stereocenters. The van der Waals surface area contributed by atoms with Crippen molar-refractivity contribution < 1.29 is 28.1 Å². The second-order valence-corrected chi connectivity index (χ2v) is 9.71. The van der Waals surface area contributed by atoms with Gasteiger partial charge in [0.05, 0.1) is 19.1 Å². The number of hydrogen-bond donors (Lipinski definition) is 0. The Labute approximate surface area is 213 Å². The van der Waals surface area contributed by atoms with Gasteiger partial charge >= 0.3 is 5.97 Å². The molecule has 3 rings (SSSR count). The predicted molar refractivity (Wildman–Crippen MR) is 137 cm³/mol. The number of benzene rings is 2. The third-order valence-electron chi connectivity index (χ3n) is 6.87. The van der Waals surface area contributed by atoms with Gasteiger partial charge in [-0.05, 0) is 112 Å². The normalized spacial score (nSPS) is 17.6. The maximum absolute atomic E-state index is 13.7. The summed E-state index contributed by atoms with van der Waals surface area (Å²) in [7, 11) is 0. The molecule has 4 nitrogen and oxygen atoms in total. The number of ether oxygens (including phenoxy) is 1. The van der Waals surface area contributed by atoms with Crippen molar-refractivity contribution in [2.24, 2.45) is 11.8 Å². The third kappa shape index (κ3) is 9.14. The predicted octanol–water partition coefficient (Wildman–Crippen LogP) is 7.46. The minimum Gasteiger partial charge on any atom is -0.426 e. The van der Waals surface area contributed by atoms with Crippen LogP contribution in [0.3, 0.4) is 0 Å². The highest BCUT2D eigenvalue weighted by Gasteiger charge is 2.28. The van der Waals surface area contributed by atoms with Crippen LogP contribution in [0, 0.1) is 30.4 Å². The Morgan fingerprint density at radius 1 is 0.944 bits per heavy atom. The number of rotatable bonds is 14. The zero-order valence-corrected chi connectivity index (χ0v) is 21.3. The Morgan fingerprint density at radius 2 is 1.58 bits per heavy atom. The first kappa shape index (κ1) is 28.0.